The molecule has 0 bridgehead atoms. The summed E-state index contributed by atoms with van der Waals surface area (Å²) in [6, 6.07) is 20.6. The molecule has 0 saturated heterocycles. The highest BCUT2D eigenvalue weighted by atomic mass is 35.5. The molecule has 0 saturated carbocycles. The minimum atomic E-state index is -0.214. The molecular formula is C21H17ClN4O. The lowest BCUT2D eigenvalue weighted by Gasteiger charge is -2.07. The first-order valence-electron chi connectivity index (χ1n) is 8.66. The van der Waals surface area contributed by atoms with Gasteiger partial charge >= 0.3 is 0 Å². The number of benzene rings is 3. The van der Waals surface area contributed by atoms with Crippen LogP contribution in [0.1, 0.15) is 22.8 Å². The van der Waals surface area contributed by atoms with Crippen molar-refractivity contribution in [1.29, 1.82) is 0 Å². The average Bonchev–Trinajstić information content (AvgIpc) is 3.11. The van der Waals surface area contributed by atoms with E-state index in [1.165, 1.54) is 5.56 Å². The number of nitrogens with one attached hydrogen (secondary N) is 1. The molecule has 0 aliphatic heterocycles. The zero-order chi connectivity index (χ0) is 18.8. The Bertz CT molecular complexity index is 1100. The van der Waals surface area contributed by atoms with Gasteiger partial charge in [-0.2, -0.15) is 4.80 Å². The number of rotatable bonds is 4. The summed E-state index contributed by atoms with van der Waals surface area (Å²) in [6.07, 6.45) is 0.932. The van der Waals surface area contributed by atoms with Crippen LogP contribution in [0.25, 0.3) is 16.7 Å². The number of halogens is 1. The number of fused-ring (bicyclic) bond motifs is 1. The summed E-state index contributed by atoms with van der Waals surface area (Å²) in [7, 11) is 0. The minimum absolute atomic E-state index is 0.214. The Morgan fingerprint density at radius 2 is 1.67 bits per heavy atom. The van der Waals surface area contributed by atoms with Gasteiger partial charge in [-0.05, 0) is 48.4 Å². The molecule has 1 amide bonds. The smallest absolute Gasteiger partial charge is 0.255 e. The van der Waals surface area contributed by atoms with Crippen LogP contribution in [0.3, 0.4) is 0 Å². The Morgan fingerprint density at radius 1 is 1.00 bits per heavy atom. The van der Waals surface area contributed by atoms with Crippen LogP contribution >= 0.6 is 11.6 Å². The Hall–Kier alpha value is -3.18. The molecule has 0 spiro atoms. The van der Waals surface area contributed by atoms with Crippen LogP contribution in [0.15, 0.2) is 66.7 Å². The van der Waals surface area contributed by atoms with Gasteiger partial charge in [-0.25, -0.2) is 0 Å². The van der Waals surface area contributed by atoms with Gasteiger partial charge in [0.25, 0.3) is 5.91 Å². The number of aryl methyl sites for hydroxylation is 1. The molecule has 0 fully saturated rings. The van der Waals surface area contributed by atoms with Crippen LogP contribution in [0.4, 0.5) is 5.69 Å². The fourth-order valence-electron chi connectivity index (χ4n) is 2.80. The largest absolute Gasteiger partial charge is 0.321 e. The number of carbonyl (C=O) groups is 1. The van der Waals surface area contributed by atoms with E-state index in [0.717, 1.165) is 12.1 Å². The zero-order valence-corrected chi connectivity index (χ0v) is 15.4. The maximum absolute atomic E-state index is 12.5. The van der Waals surface area contributed by atoms with E-state index >= 15 is 0 Å². The third-order valence-corrected chi connectivity index (χ3v) is 4.64. The van der Waals surface area contributed by atoms with E-state index in [9.17, 15) is 4.79 Å². The SMILES string of the molecule is CCc1ccc(C(=O)Nc2cc3nn(-c4ccccc4)nc3cc2Cl)cc1. The predicted molar refractivity (Wildman–Crippen MR) is 108 cm³/mol. The first-order chi connectivity index (χ1) is 13.1. The van der Waals surface area contributed by atoms with Crippen LogP contribution in [-0.2, 0) is 6.42 Å². The quantitative estimate of drug-likeness (QED) is 0.551. The minimum Gasteiger partial charge on any atom is -0.321 e. The molecule has 3 aromatic carbocycles. The predicted octanol–water partition coefficient (Wildman–Crippen LogP) is 4.89. The van der Waals surface area contributed by atoms with Gasteiger partial charge in [0.05, 0.1) is 16.4 Å². The molecule has 1 aromatic heterocycles. The Balaban J connectivity index is 1.63. The highest BCUT2D eigenvalue weighted by Crippen LogP contribution is 2.27. The summed E-state index contributed by atoms with van der Waals surface area (Å²) in [5.74, 6) is -0.214. The molecule has 4 aromatic rings. The third kappa shape index (κ3) is 3.55. The van der Waals surface area contributed by atoms with E-state index in [4.69, 9.17) is 11.6 Å². The van der Waals surface area contributed by atoms with Gasteiger partial charge in [0, 0.05) is 5.56 Å². The van der Waals surface area contributed by atoms with Gasteiger partial charge in [-0.3, -0.25) is 4.79 Å². The van der Waals surface area contributed by atoms with Gasteiger partial charge < -0.3 is 5.32 Å². The van der Waals surface area contributed by atoms with Crippen LogP contribution in [0.5, 0.6) is 0 Å². The van der Waals surface area contributed by atoms with E-state index in [0.29, 0.717) is 27.3 Å². The van der Waals surface area contributed by atoms with Gasteiger partial charge in [0.15, 0.2) is 0 Å². The summed E-state index contributed by atoms with van der Waals surface area (Å²) in [5.41, 5.74) is 4.44. The normalized spacial score (nSPS) is 10.9. The number of nitrogens with zero attached hydrogens (tertiary/aromatic N) is 3. The molecule has 0 atom stereocenters. The molecule has 1 heterocycles. The molecule has 0 aliphatic rings. The number of amides is 1. The number of hydrogen-bond donors (Lipinski definition) is 1. The van der Waals surface area contributed by atoms with Crippen LogP contribution in [-0.4, -0.2) is 20.9 Å². The van der Waals surface area contributed by atoms with Gasteiger partial charge in [-0.1, -0.05) is 48.9 Å². The van der Waals surface area contributed by atoms with Crippen molar-refractivity contribution in [2.75, 3.05) is 5.32 Å². The molecule has 134 valence electrons. The fourth-order valence-corrected chi connectivity index (χ4v) is 3.00. The standard InChI is InChI=1S/C21H17ClN4O/c1-2-14-8-10-15(11-9-14)21(27)23-18-13-20-19(12-17(18)22)24-26(25-20)16-6-4-3-5-7-16/h3-13H,2H2,1H3,(H,23,27). The Morgan fingerprint density at radius 3 is 2.33 bits per heavy atom. The summed E-state index contributed by atoms with van der Waals surface area (Å²) in [5, 5.41) is 12.2. The molecule has 27 heavy (non-hydrogen) atoms. The van der Waals surface area contributed by atoms with Crippen LogP contribution in [0, 0.1) is 0 Å². The molecule has 6 heteroatoms. The van der Waals surface area contributed by atoms with Crippen molar-refractivity contribution in [3.63, 3.8) is 0 Å². The van der Waals surface area contributed by atoms with Crippen LogP contribution < -0.4 is 5.32 Å². The Kier molecular flexibility index (Phi) is 4.60. The van der Waals surface area contributed by atoms with Crippen molar-refractivity contribution in [2.45, 2.75) is 13.3 Å². The summed E-state index contributed by atoms with van der Waals surface area (Å²) >= 11 is 6.35. The number of para-hydroxylation sites is 1. The maximum Gasteiger partial charge on any atom is 0.255 e. The van der Waals surface area contributed by atoms with Gasteiger partial charge in [-0.15, -0.1) is 10.2 Å². The average molecular weight is 377 g/mol. The summed E-state index contributed by atoms with van der Waals surface area (Å²) in [4.78, 5) is 14.1. The molecule has 1 N–H and O–H groups in total. The van der Waals surface area contributed by atoms with E-state index in [1.807, 2.05) is 54.6 Å². The second kappa shape index (κ2) is 7.21. The Labute approximate surface area is 161 Å². The first kappa shape index (κ1) is 17.2. The number of hydrogen-bond acceptors (Lipinski definition) is 3. The van der Waals surface area contributed by atoms with E-state index in [2.05, 4.69) is 22.4 Å². The van der Waals surface area contributed by atoms with Crippen LogP contribution in [0.2, 0.25) is 5.02 Å². The first-order valence-corrected chi connectivity index (χ1v) is 9.04. The molecule has 0 radical (unpaired) electrons. The van der Waals surface area contributed by atoms with Crippen molar-refractivity contribution in [3.8, 4) is 5.69 Å². The number of carbonyl (C=O) groups excluding carboxylic acids is 1. The second-order valence-electron chi connectivity index (χ2n) is 6.15. The zero-order valence-electron chi connectivity index (χ0n) is 14.7. The lowest BCUT2D eigenvalue weighted by molar-refractivity contribution is 0.102. The van der Waals surface area contributed by atoms with Crippen molar-refractivity contribution < 1.29 is 4.79 Å². The molecular weight excluding hydrogens is 360 g/mol. The topological polar surface area (TPSA) is 59.8 Å². The molecule has 0 aliphatic carbocycles. The fraction of sp³-hybridized carbons (Fsp3) is 0.0952. The molecule has 0 unspecified atom stereocenters. The van der Waals surface area contributed by atoms with Gasteiger partial charge in [0.2, 0.25) is 0 Å². The number of aromatic nitrogens is 3. The highest BCUT2D eigenvalue weighted by Gasteiger charge is 2.13. The van der Waals surface area contributed by atoms with E-state index in [1.54, 1.807) is 16.9 Å². The maximum atomic E-state index is 12.5. The monoisotopic (exact) mass is 376 g/mol. The van der Waals surface area contributed by atoms with Crippen molar-refractivity contribution in [2.24, 2.45) is 0 Å². The summed E-state index contributed by atoms with van der Waals surface area (Å²) in [6.45, 7) is 2.08. The highest BCUT2D eigenvalue weighted by molar-refractivity contribution is 6.34. The van der Waals surface area contributed by atoms with Gasteiger partial charge in [0.1, 0.15) is 11.0 Å². The van der Waals surface area contributed by atoms with Crippen molar-refractivity contribution >= 4 is 34.2 Å². The van der Waals surface area contributed by atoms with Crippen molar-refractivity contribution in [1.82, 2.24) is 15.0 Å². The van der Waals surface area contributed by atoms with E-state index < -0.39 is 0 Å². The molecule has 5 nitrogen and oxygen atoms in total. The summed E-state index contributed by atoms with van der Waals surface area (Å²) < 4.78 is 0. The second-order valence-corrected chi connectivity index (χ2v) is 6.56. The number of anilines is 1. The lowest BCUT2D eigenvalue weighted by Crippen LogP contribution is -2.12. The molecule has 4 rings (SSSR count). The third-order valence-electron chi connectivity index (χ3n) is 4.33. The van der Waals surface area contributed by atoms with E-state index in [-0.39, 0.29) is 5.91 Å². The lowest BCUT2D eigenvalue weighted by atomic mass is 10.1. The van der Waals surface area contributed by atoms with Crippen molar-refractivity contribution in [3.05, 3.63) is 82.9 Å².